The first kappa shape index (κ1) is 15.9. The van der Waals surface area contributed by atoms with Crippen molar-refractivity contribution in [2.45, 2.75) is 11.8 Å². The molecular formula is C14H18N2O4S. The van der Waals surface area contributed by atoms with E-state index in [4.69, 9.17) is 4.74 Å². The van der Waals surface area contributed by atoms with E-state index in [9.17, 15) is 14.9 Å². The number of Topliss-reactive ketones (excluding diaryl/α,β-unsaturated/α-hetero) is 1. The number of nitro groups is 1. The van der Waals surface area contributed by atoms with Crippen LogP contribution in [0.15, 0.2) is 23.1 Å². The van der Waals surface area contributed by atoms with E-state index in [0.717, 1.165) is 38.6 Å². The van der Waals surface area contributed by atoms with Gasteiger partial charge in [0.2, 0.25) is 0 Å². The van der Waals surface area contributed by atoms with Crippen LogP contribution in [0.3, 0.4) is 0 Å². The van der Waals surface area contributed by atoms with Gasteiger partial charge < -0.3 is 4.74 Å². The second-order valence-electron chi connectivity index (χ2n) is 4.80. The average molecular weight is 310 g/mol. The topological polar surface area (TPSA) is 72.7 Å². The molecule has 2 rings (SSSR count). The molecule has 0 aromatic heterocycles. The Kier molecular flexibility index (Phi) is 5.72. The third kappa shape index (κ3) is 4.52. The Bertz CT molecular complexity index is 530. The Labute approximate surface area is 127 Å². The fourth-order valence-electron chi connectivity index (χ4n) is 2.11. The third-order valence-corrected chi connectivity index (χ3v) is 4.37. The van der Waals surface area contributed by atoms with E-state index in [1.54, 1.807) is 12.1 Å². The maximum Gasteiger partial charge on any atom is 0.283 e. The van der Waals surface area contributed by atoms with Crippen LogP contribution in [0.4, 0.5) is 5.69 Å². The SMILES string of the molecule is CC(=O)c1ccc(SCCN2CCOCC2)c([N+](=O)[O-])c1. The molecule has 0 aliphatic carbocycles. The van der Waals surface area contributed by atoms with Gasteiger partial charge in [0.1, 0.15) is 0 Å². The lowest BCUT2D eigenvalue weighted by atomic mass is 10.1. The van der Waals surface area contributed by atoms with Gasteiger partial charge in [-0.05, 0) is 19.1 Å². The maximum absolute atomic E-state index is 11.3. The van der Waals surface area contributed by atoms with Crippen molar-refractivity contribution in [3.63, 3.8) is 0 Å². The highest BCUT2D eigenvalue weighted by atomic mass is 32.2. The molecule has 1 heterocycles. The standard InChI is InChI=1S/C14H18N2O4S/c1-11(17)12-2-3-14(13(10-12)16(18)19)21-9-6-15-4-7-20-8-5-15/h2-3,10H,4-9H2,1H3. The summed E-state index contributed by atoms with van der Waals surface area (Å²) in [6.07, 6.45) is 0. The van der Waals surface area contributed by atoms with Crippen LogP contribution in [0.5, 0.6) is 0 Å². The molecule has 0 unspecified atom stereocenters. The van der Waals surface area contributed by atoms with Gasteiger partial charge in [0.15, 0.2) is 5.78 Å². The fourth-order valence-corrected chi connectivity index (χ4v) is 3.13. The molecule has 0 radical (unpaired) electrons. The molecule has 0 spiro atoms. The number of nitrogens with zero attached hydrogens (tertiary/aromatic N) is 2. The van der Waals surface area contributed by atoms with E-state index in [1.165, 1.54) is 24.8 Å². The summed E-state index contributed by atoms with van der Waals surface area (Å²) in [5.74, 6) is 0.614. The van der Waals surface area contributed by atoms with Crippen molar-refractivity contribution < 1.29 is 14.5 Å². The lowest BCUT2D eigenvalue weighted by molar-refractivity contribution is -0.387. The van der Waals surface area contributed by atoms with Crippen LogP contribution in [0.2, 0.25) is 0 Å². The molecule has 0 N–H and O–H groups in total. The van der Waals surface area contributed by atoms with Gasteiger partial charge in [-0.1, -0.05) is 0 Å². The number of benzene rings is 1. The third-order valence-electron chi connectivity index (χ3n) is 3.33. The van der Waals surface area contributed by atoms with Crippen molar-refractivity contribution >= 4 is 23.2 Å². The predicted octanol–water partition coefficient (Wildman–Crippen LogP) is 2.22. The molecule has 0 bridgehead atoms. The first-order chi connectivity index (χ1) is 10.1. The molecule has 1 aliphatic rings. The summed E-state index contributed by atoms with van der Waals surface area (Å²) in [5.41, 5.74) is 0.383. The number of thioether (sulfide) groups is 1. The summed E-state index contributed by atoms with van der Waals surface area (Å²) >= 11 is 1.45. The number of ether oxygens (including phenoxy) is 1. The van der Waals surface area contributed by atoms with Crippen LogP contribution in [0.1, 0.15) is 17.3 Å². The van der Waals surface area contributed by atoms with Crippen molar-refractivity contribution in [3.8, 4) is 0 Å². The number of nitro benzene ring substituents is 1. The molecular weight excluding hydrogens is 292 g/mol. The Balaban J connectivity index is 1.98. The van der Waals surface area contributed by atoms with Gasteiger partial charge in [0, 0.05) is 37.0 Å². The molecule has 0 amide bonds. The minimum atomic E-state index is -0.427. The molecule has 21 heavy (non-hydrogen) atoms. The number of hydrogen-bond donors (Lipinski definition) is 0. The van der Waals surface area contributed by atoms with Crippen LogP contribution >= 0.6 is 11.8 Å². The van der Waals surface area contributed by atoms with Crippen LogP contribution in [0, 0.1) is 10.1 Å². The normalized spacial score (nSPS) is 15.9. The Morgan fingerprint density at radius 2 is 2.14 bits per heavy atom. The first-order valence-electron chi connectivity index (χ1n) is 6.80. The maximum atomic E-state index is 11.3. The molecule has 1 aliphatic heterocycles. The monoisotopic (exact) mass is 310 g/mol. The van der Waals surface area contributed by atoms with Crippen LogP contribution < -0.4 is 0 Å². The number of carbonyl (C=O) groups excluding carboxylic acids is 1. The summed E-state index contributed by atoms with van der Waals surface area (Å²) in [7, 11) is 0. The van der Waals surface area contributed by atoms with E-state index in [2.05, 4.69) is 4.90 Å². The van der Waals surface area contributed by atoms with Crippen molar-refractivity contribution in [1.29, 1.82) is 0 Å². The Hall–Kier alpha value is -1.44. The molecule has 1 saturated heterocycles. The number of ketones is 1. The minimum absolute atomic E-state index is 0.00896. The number of hydrogen-bond acceptors (Lipinski definition) is 6. The lowest BCUT2D eigenvalue weighted by Gasteiger charge is -2.26. The summed E-state index contributed by atoms with van der Waals surface area (Å²) in [6, 6.07) is 4.67. The molecule has 1 aromatic rings. The molecule has 1 fully saturated rings. The van der Waals surface area contributed by atoms with Gasteiger partial charge in [-0.15, -0.1) is 11.8 Å². The Morgan fingerprint density at radius 3 is 2.76 bits per heavy atom. The molecule has 7 heteroatoms. The zero-order chi connectivity index (χ0) is 15.2. The summed E-state index contributed by atoms with van der Waals surface area (Å²) < 4.78 is 5.28. The van der Waals surface area contributed by atoms with Crippen molar-refractivity contribution in [2.24, 2.45) is 0 Å². The molecule has 0 atom stereocenters. The predicted molar refractivity (Wildman–Crippen MR) is 81.1 cm³/mol. The van der Waals surface area contributed by atoms with Gasteiger partial charge in [-0.3, -0.25) is 19.8 Å². The second kappa shape index (κ2) is 7.53. The molecule has 6 nitrogen and oxygen atoms in total. The van der Waals surface area contributed by atoms with E-state index in [-0.39, 0.29) is 11.5 Å². The zero-order valence-corrected chi connectivity index (χ0v) is 12.7. The van der Waals surface area contributed by atoms with Crippen LogP contribution in [-0.2, 0) is 4.74 Å². The molecule has 0 saturated carbocycles. The van der Waals surface area contributed by atoms with E-state index in [0.29, 0.717) is 10.5 Å². The van der Waals surface area contributed by atoms with Crippen molar-refractivity contribution in [3.05, 3.63) is 33.9 Å². The highest BCUT2D eigenvalue weighted by Gasteiger charge is 2.17. The second-order valence-corrected chi connectivity index (χ2v) is 5.94. The summed E-state index contributed by atoms with van der Waals surface area (Å²) in [5, 5.41) is 11.1. The summed E-state index contributed by atoms with van der Waals surface area (Å²) in [6.45, 7) is 5.60. The number of morpholine rings is 1. The van der Waals surface area contributed by atoms with Crippen molar-refractivity contribution in [1.82, 2.24) is 4.90 Å². The lowest BCUT2D eigenvalue weighted by Crippen LogP contribution is -2.37. The Morgan fingerprint density at radius 1 is 1.43 bits per heavy atom. The number of carbonyl (C=O) groups is 1. The van der Waals surface area contributed by atoms with Gasteiger partial charge in [0.05, 0.1) is 23.0 Å². The molecule has 1 aromatic carbocycles. The largest absolute Gasteiger partial charge is 0.379 e. The van der Waals surface area contributed by atoms with Gasteiger partial charge >= 0.3 is 0 Å². The van der Waals surface area contributed by atoms with Crippen LogP contribution in [-0.4, -0.2) is 54.2 Å². The van der Waals surface area contributed by atoms with Gasteiger partial charge in [0.25, 0.3) is 5.69 Å². The van der Waals surface area contributed by atoms with Crippen molar-refractivity contribution in [2.75, 3.05) is 38.6 Å². The van der Waals surface area contributed by atoms with E-state index < -0.39 is 4.92 Å². The average Bonchev–Trinajstić information content (AvgIpc) is 2.48. The highest BCUT2D eigenvalue weighted by Crippen LogP contribution is 2.30. The van der Waals surface area contributed by atoms with E-state index >= 15 is 0 Å². The summed E-state index contributed by atoms with van der Waals surface area (Å²) in [4.78, 5) is 24.9. The smallest absolute Gasteiger partial charge is 0.283 e. The van der Waals surface area contributed by atoms with E-state index in [1.807, 2.05) is 0 Å². The van der Waals surface area contributed by atoms with Gasteiger partial charge in [-0.2, -0.15) is 0 Å². The van der Waals surface area contributed by atoms with Crippen LogP contribution in [0.25, 0.3) is 0 Å². The zero-order valence-electron chi connectivity index (χ0n) is 11.9. The minimum Gasteiger partial charge on any atom is -0.379 e. The first-order valence-corrected chi connectivity index (χ1v) is 7.79. The van der Waals surface area contributed by atoms with Gasteiger partial charge in [-0.25, -0.2) is 0 Å². The fraction of sp³-hybridized carbons (Fsp3) is 0.500. The quantitative estimate of drug-likeness (QED) is 0.347. The molecule has 114 valence electrons. The number of rotatable bonds is 6. The highest BCUT2D eigenvalue weighted by molar-refractivity contribution is 7.99.